The highest BCUT2D eigenvalue weighted by Gasteiger charge is 2.13. The van der Waals surface area contributed by atoms with Crippen LogP contribution in [0.25, 0.3) is 0 Å². The number of aromatic carboxylic acids is 1. The van der Waals surface area contributed by atoms with Crippen molar-refractivity contribution >= 4 is 28.6 Å². The van der Waals surface area contributed by atoms with Gasteiger partial charge < -0.3 is 9.67 Å². The number of benzene rings is 1. The lowest BCUT2D eigenvalue weighted by Crippen LogP contribution is -2.09. The lowest BCUT2D eigenvalue weighted by atomic mass is 10.2. The van der Waals surface area contributed by atoms with Crippen molar-refractivity contribution < 1.29 is 18.7 Å². The molecule has 0 atom stereocenters. The van der Waals surface area contributed by atoms with E-state index in [-0.39, 0.29) is 17.8 Å². The van der Waals surface area contributed by atoms with Gasteiger partial charge in [-0.2, -0.15) is 0 Å². The van der Waals surface area contributed by atoms with Gasteiger partial charge in [0.1, 0.15) is 17.3 Å². The molecule has 2 aromatic rings. The van der Waals surface area contributed by atoms with Gasteiger partial charge in [-0.15, -0.1) is 0 Å². The summed E-state index contributed by atoms with van der Waals surface area (Å²) < 4.78 is 28.4. The molecule has 0 aliphatic rings. The van der Waals surface area contributed by atoms with E-state index >= 15 is 0 Å². The van der Waals surface area contributed by atoms with Gasteiger partial charge in [-0.05, 0) is 34.7 Å². The normalized spacial score (nSPS) is 10.6. The summed E-state index contributed by atoms with van der Waals surface area (Å²) in [6.45, 7) is 0.0523. The van der Waals surface area contributed by atoms with Gasteiger partial charge in [0.25, 0.3) is 0 Å². The van der Waals surface area contributed by atoms with E-state index in [1.54, 1.807) is 6.20 Å². The van der Waals surface area contributed by atoms with Crippen molar-refractivity contribution in [3.05, 3.63) is 56.9 Å². The molecule has 1 aromatic carbocycles. The zero-order chi connectivity index (χ0) is 13.3. The molecular weight excluding hydrogens is 355 g/mol. The van der Waals surface area contributed by atoms with Gasteiger partial charge in [0.15, 0.2) is 0 Å². The van der Waals surface area contributed by atoms with Crippen LogP contribution in [-0.2, 0) is 6.54 Å². The highest BCUT2D eigenvalue weighted by atomic mass is 127. The maximum Gasteiger partial charge on any atom is 0.352 e. The summed E-state index contributed by atoms with van der Waals surface area (Å²) in [5, 5.41) is 8.99. The van der Waals surface area contributed by atoms with Gasteiger partial charge in [0, 0.05) is 21.4 Å². The molecule has 1 heterocycles. The Bertz CT molecular complexity index is 610. The van der Waals surface area contributed by atoms with Crippen LogP contribution >= 0.6 is 22.6 Å². The Labute approximate surface area is 115 Å². The van der Waals surface area contributed by atoms with E-state index in [0.29, 0.717) is 0 Å². The molecule has 18 heavy (non-hydrogen) atoms. The van der Waals surface area contributed by atoms with Gasteiger partial charge in [0.05, 0.1) is 6.54 Å². The SMILES string of the molecule is O=C(O)c1cc(I)cn1Cc1ccc(F)cc1F. The summed E-state index contributed by atoms with van der Waals surface area (Å²) in [6.07, 6.45) is 1.60. The Kier molecular flexibility index (Phi) is 3.65. The lowest BCUT2D eigenvalue weighted by Gasteiger charge is -2.07. The minimum absolute atomic E-state index is 0.0523. The first-order valence-electron chi connectivity index (χ1n) is 5.00. The number of carboxylic acid groups (broad SMARTS) is 1. The van der Waals surface area contributed by atoms with Crippen LogP contribution in [0.3, 0.4) is 0 Å². The highest BCUT2D eigenvalue weighted by molar-refractivity contribution is 14.1. The number of carboxylic acids is 1. The number of aromatic nitrogens is 1. The summed E-state index contributed by atoms with van der Waals surface area (Å²) in [6, 6.07) is 4.73. The zero-order valence-electron chi connectivity index (χ0n) is 9.03. The topological polar surface area (TPSA) is 42.2 Å². The first-order chi connectivity index (χ1) is 8.47. The molecule has 0 unspecified atom stereocenters. The van der Waals surface area contributed by atoms with Crippen LogP contribution in [0, 0.1) is 15.2 Å². The van der Waals surface area contributed by atoms with Crippen LogP contribution in [0.15, 0.2) is 30.5 Å². The van der Waals surface area contributed by atoms with Gasteiger partial charge in [0.2, 0.25) is 0 Å². The average molecular weight is 363 g/mol. The smallest absolute Gasteiger partial charge is 0.352 e. The Morgan fingerprint density at radius 3 is 2.67 bits per heavy atom. The second-order valence-corrected chi connectivity index (χ2v) is 4.96. The Morgan fingerprint density at radius 2 is 2.06 bits per heavy atom. The first-order valence-corrected chi connectivity index (χ1v) is 6.08. The fourth-order valence-corrected chi connectivity index (χ4v) is 2.25. The fourth-order valence-electron chi connectivity index (χ4n) is 1.62. The quantitative estimate of drug-likeness (QED) is 0.852. The highest BCUT2D eigenvalue weighted by Crippen LogP contribution is 2.16. The van der Waals surface area contributed by atoms with E-state index in [2.05, 4.69) is 0 Å². The average Bonchev–Trinajstić information content (AvgIpc) is 2.64. The third-order valence-electron chi connectivity index (χ3n) is 2.44. The summed E-state index contributed by atoms with van der Waals surface area (Å²) in [5.74, 6) is -2.42. The van der Waals surface area contributed by atoms with Gasteiger partial charge in [-0.3, -0.25) is 0 Å². The van der Waals surface area contributed by atoms with Crippen LogP contribution in [0.1, 0.15) is 16.1 Å². The fraction of sp³-hybridized carbons (Fsp3) is 0.0833. The van der Waals surface area contributed by atoms with Crippen LogP contribution in [0.5, 0.6) is 0 Å². The van der Waals surface area contributed by atoms with E-state index in [9.17, 15) is 13.6 Å². The number of hydrogen-bond donors (Lipinski definition) is 1. The van der Waals surface area contributed by atoms with E-state index in [1.165, 1.54) is 16.7 Å². The number of rotatable bonds is 3. The molecule has 0 aliphatic heterocycles. The van der Waals surface area contributed by atoms with Crippen LogP contribution < -0.4 is 0 Å². The molecular formula is C12H8F2INO2. The van der Waals surface area contributed by atoms with Gasteiger partial charge in [-0.25, -0.2) is 13.6 Å². The summed E-state index contributed by atoms with van der Waals surface area (Å²) in [7, 11) is 0. The minimum Gasteiger partial charge on any atom is -0.477 e. The maximum absolute atomic E-state index is 13.5. The number of nitrogens with zero attached hydrogens (tertiary/aromatic N) is 1. The molecule has 0 aliphatic carbocycles. The van der Waals surface area contributed by atoms with Crippen molar-refractivity contribution in [3.8, 4) is 0 Å². The largest absolute Gasteiger partial charge is 0.477 e. The molecule has 94 valence electrons. The number of carbonyl (C=O) groups is 1. The molecule has 2 rings (SSSR count). The second-order valence-electron chi connectivity index (χ2n) is 3.71. The molecule has 0 bridgehead atoms. The van der Waals surface area contributed by atoms with E-state index < -0.39 is 17.6 Å². The third-order valence-corrected chi connectivity index (χ3v) is 3.03. The maximum atomic E-state index is 13.5. The monoisotopic (exact) mass is 363 g/mol. The van der Waals surface area contributed by atoms with Crippen LogP contribution in [0.2, 0.25) is 0 Å². The van der Waals surface area contributed by atoms with Crippen LogP contribution in [-0.4, -0.2) is 15.6 Å². The molecule has 1 N–H and O–H groups in total. The van der Waals surface area contributed by atoms with E-state index in [4.69, 9.17) is 5.11 Å². The van der Waals surface area contributed by atoms with Crippen molar-refractivity contribution in [2.45, 2.75) is 6.54 Å². The van der Waals surface area contributed by atoms with Crippen molar-refractivity contribution in [1.29, 1.82) is 0 Å². The molecule has 0 fully saturated rings. The standard InChI is InChI=1S/C12H8F2INO2/c13-8-2-1-7(10(14)3-8)5-16-6-9(15)4-11(16)12(17)18/h1-4,6H,5H2,(H,17,18). The van der Waals surface area contributed by atoms with Crippen LogP contribution in [0.4, 0.5) is 8.78 Å². The first kappa shape index (κ1) is 13.0. The molecule has 1 aromatic heterocycles. The van der Waals surface area contributed by atoms with Gasteiger partial charge >= 0.3 is 5.97 Å². The molecule has 0 spiro atoms. The summed E-state index contributed by atoms with van der Waals surface area (Å²) >= 11 is 1.98. The van der Waals surface area contributed by atoms with Crippen molar-refractivity contribution in [3.63, 3.8) is 0 Å². The Hall–Kier alpha value is -1.44. The molecule has 6 heteroatoms. The molecule has 0 saturated heterocycles. The lowest BCUT2D eigenvalue weighted by molar-refractivity contribution is 0.0685. The molecule has 0 radical (unpaired) electrons. The number of halogens is 3. The Morgan fingerprint density at radius 1 is 1.33 bits per heavy atom. The second kappa shape index (κ2) is 5.05. The zero-order valence-corrected chi connectivity index (χ0v) is 11.2. The third kappa shape index (κ3) is 2.69. The predicted octanol–water partition coefficient (Wildman–Crippen LogP) is 3.12. The summed E-state index contributed by atoms with van der Waals surface area (Å²) in [5.41, 5.74) is 0.314. The van der Waals surface area contributed by atoms with Crippen molar-refractivity contribution in [2.24, 2.45) is 0 Å². The van der Waals surface area contributed by atoms with Crippen molar-refractivity contribution in [1.82, 2.24) is 4.57 Å². The van der Waals surface area contributed by atoms with E-state index in [0.717, 1.165) is 15.7 Å². The molecule has 0 saturated carbocycles. The Balaban J connectivity index is 2.36. The summed E-state index contributed by atoms with van der Waals surface area (Å²) in [4.78, 5) is 11.0. The number of hydrogen-bond acceptors (Lipinski definition) is 1. The molecule has 0 amide bonds. The minimum atomic E-state index is -1.08. The van der Waals surface area contributed by atoms with E-state index in [1.807, 2.05) is 22.6 Å². The predicted molar refractivity (Wildman–Crippen MR) is 69.6 cm³/mol. The molecule has 3 nitrogen and oxygen atoms in total. The van der Waals surface area contributed by atoms with Crippen molar-refractivity contribution in [2.75, 3.05) is 0 Å². The van der Waals surface area contributed by atoms with Gasteiger partial charge in [-0.1, -0.05) is 6.07 Å².